The Kier molecular flexibility index (Phi) is 9.37. The fraction of sp³-hybridized carbons (Fsp3) is 0.727. The molecular weight excluding hydrogens is 519 g/mol. The van der Waals surface area contributed by atoms with Gasteiger partial charge in [-0.05, 0) is 95.4 Å². The summed E-state index contributed by atoms with van der Waals surface area (Å²) >= 11 is 0. The molecule has 8 heteroatoms. The van der Waals surface area contributed by atoms with Crippen molar-refractivity contribution in [2.24, 2.45) is 23.2 Å². The number of hydrogen-bond donors (Lipinski definition) is 2. The van der Waals surface area contributed by atoms with Gasteiger partial charge in [0.25, 0.3) is 0 Å². The molecule has 2 bridgehead atoms. The summed E-state index contributed by atoms with van der Waals surface area (Å²) in [5, 5.41) is 6.36. The normalized spacial score (nSPS) is 27.4. The minimum atomic E-state index is -0.717. The van der Waals surface area contributed by atoms with E-state index in [2.05, 4.69) is 22.6 Å². The molecule has 3 amide bonds. The van der Waals surface area contributed by atoms with Crippen LogP contribution in [0.3, 0.4) is 0 Å². The molecule has 3 aliphatic heterocycles. The third-order valence-electron chi connectivity index (χ3n) is 10.6. The quantitative estimate of drug-likeness (QED) is 0.490. The maximum absolute atomic E-state index is 14.1. The monoisotopic (exact) mass is 568 g/mol. The number of nitrogens with zero attached hydrogens (tertiary/aromatic N) is 2. The second-order valence-electron chi connectivity index (χ2n) is 13.6. The van der Waals surface area contributed by atoms with E-state index in [-0.39, 0.29) is 41.5 Å². The Bertz CT molecular complexity index is 1080. The van der Waals surface area contributed by atoms with Gasteiger partial charge in [-0.3, -0.25) is 14.4 Å². The number of carbonyl (C=O) groups excluding carboxylic acids is 3. The van der Waals surface area contributed by atoms with Crippen molar-refractivity contribution < 1.29 is 18.8 Å². The first-order valence-corrected chi connectivity index (χ1v) is 16.0. The van der Waals surface area contributed by atoms with Gasteiger partial charge in [-0.15, -0.1) is 0 Å². The molecule has 5 fully saturated rings. The second kappa shape index (κ2) is 12.8. The van der Waals surface area contributed by atoms with Crippen molar-refractivity contribution in [2.45, 2.75) is 103 Å². The van der Waals surface area contributed by atoms with Crippen LogP contribution in [0.15, 0.2) is 24.3 Å². The first-order chi connectivity index (χ1) is 19.7. The molecule has 1 unspecified atom stereocenters. The summed E-state index contributed by atoms with van der Waals surface area (Å²) in [6.07, 6.45) is 10.4. The summed E-state index contributed by atoms with van der Waals surface area (Å²) < 4.78 is 13.6. The number of benzene rings is 1. The van der Waals surface area contributed by atoms with Crippen LogP contribution in [0.25, 0.3) is 0 Å². The topological polar surface area (TPSA) is 81.8 Å². The second-order valence-corrected chi connectivity index (χ2v) is 13.6. The first-order valence-electron chi connectivity index (χ1n) is 16.0. The SMILES string of the molecule is CC(C)NC(=O)C1(C2CCCCC2)CCN(C(=O)[C@@H](Cc2ccc(F)cc2)NC(=O)[C@H]2C[C@H]3CCC2N(C)C3)CC1. The van der Waals surface area contributed by atoms with Crippen molar-refractivity contribution in [3.05, 3.63) is 35.6 Å². The Hall–Kier alpha value is -2.48. The van der Waals surface area contributed by atoms with Crippen LogP contribution < -0.4 is 10.6 Å². The van der Waals surface area contributed by atoms with Gasteiger partial charge in [-0.1, -0.05) is 31.4 Å². The summed E-state index contributed by atoms with van der Waals surface area (Å²) in [5.74, 6) is 0.432. The Morgan fingerprint density at radius 2 is 1.66 bits per heavy atom. The number of piperidine rings is 3. The number of hydrogen-bond acceptors (Lipinski definition) is 4. The van der Waals surface area contributed by atoms with E-state index < -0.39 is 11.5 Å². The number of fused-ring (bicyclic) bond motifs is 3. The third-order valence-corrected chi connectivity index (χ3v) is 10.6. The lowest BCUT2D eigenvalue weighted by atomic mass is 9.63. The Morgan fingerprint density at radius 3 is 2.27 bits per heavy atom. The molecule has 6 rings (SSSR count). The summed E-state index contributed by atoms with van der Waals surface area (Å²) in [6.45, 7) is 6.06. The van der Waals surface area contributed by atoms with Crippen molar-refractivity contribution in [1.82, 2.24) is 20.4 Å². The van der Waals surface area contributed by atoms with E-state index in [0.29, 0.717) is 44.2 Å². The average molecular weight is 569 g/mol. The zero-order valence-corrected chi connectivity index (χ0v) is 25.2. The minimum Gasteiger partial charge on any atom is -0.353 e. The zero-order chi connectivity index (χ0) is 29.1. The van der Waals surface area contributed by atoms with Gasteiger partial charge in [-0.2, -0.15) is 0 Å². The van der Waals surface area contributed by atoms with E-state index in [9.17, 15) is 18.8 Å². The molecule has 3 saturated heterocycles. The number of rotatable bonds is 8. The Labute approximate surface area is 245 Å². The van der Waals surface area contributed by atoms with Crippen LogP contribution in [-0.2, 0) is 20.8 Å². The lowest BCUT2D eigenvalue weighted by molar-refractivity contribution is -0.147. The molecule has 226 valence electrons. The summed E-state index contributed by atoms with van der Waals surface area (Å²) in [7, 11) is 2.10. The molecule has 2 N–H and O–H groups in total. The van der Waals surface area contributed by atoms with Gasteiger partial charge in [-0.25, -0.2) is 4.39 Å². The summed E-state index contributed by atoms with van der Waals surface area (Å²) in [4.78, 5) is 45.5. The van der Waals surface area contributed by atoms with Crippen LogP contribution in [0, 0.1) is 29.0 Å². The molecule has 3 heterocycles. The van der Waals surface area contributed by atoms with Gasteiger partial charge < -0.3 is 20.4 Å². The van der Waals surface area contributed by atoms with Crippen LogP contribution in [0.1, 0.15) is 83.6 Å². The van der Waals surface area contributed by atoms with Crippen LogP contribution in [0.2, 0.25) is 0 Å². The van der Waals surface area contributed by atoms with E-state index >= 15 is 0 Å². The fourth-order valence-corrected chi connectivity index (χ4v) is 8.32. The molecule has 2 saturated carbocycles. The lowest BCUT2D eigenvalue weighted by Crippen LogP contribution is -2.60. The van der Waals surface area contributed by atoms with Gasteiger partial charge in [0.05, 0.1) is 11.3 Å². The van der Waals surface area contributed by atoms with Crippen LogP contribution >= 0.6 is 0 Å². The number of carbonyl (C=O) groups is 3. The van der Waals surface area contributed by atoms with Crippen molar-refractivity contribution in [2.75, 3.05) is 26.7 Å². The summed E-state index contributed by atoms with van der Waals surface area (Å²) in [6, 6.07) is 5.77. The highest BCUT2D eigenvalue weighted by molar-refractivity contribution is 5.90. The van der Waals surface area contributed by atoms with E-state index in [4.69, 9.17) is 0 Å². The van der Waals surface area contributed by atoms with Gasteiger partial charge in [0, 0.05) is 38.1 Å². The van der Waals surface area contributed by atoms with E-state index in [1.807, 2.05) is 18.7 Å². The molecule has 0 spiro atoms. The third kappa shape index (κ3) is 6.63. The molecule has 0 aromatic heterocycles. The molecule has 0 radical (unpaired) electrons. The minimum absolute atomic E-state index is 0.0448. The average Bonchev–Trinajstić information content (AvgIpc) is 2.97. The van der Waals surface area contributed by atoms with Crippen LogP contribution in [0.4, 0.5) is 4.39 Å². The van der Waals surface area contributed by atoms with Gasteiger partial charge in [0.2, 0.25) is 17.7 Å². The molecule has 1 aromatic rings. The molecule has 2 aliphatic carbocycles. The number of halogens is 1. The lowest BCUT2D eigenvalue weighted by Gasteiger charge is -2.48. The highest BCUT2D eigenvalue weighted by atomic mass is 19.1. The highest BCUT2D eigenvalue weighted by Gasteiger charge is 2.49. The van der Waals surface area contributed by atoms with Gasteiger partial charge in [0.1, 0.15) is 11.9 Å². The van der Waals surface area contributed by atoms with Gasteiger partial charge >= 0.3 is 0 Å². The summed E-state index contributed by atoms with van der Waals surface area (Å²) in [5.41, 5.74) is 0.375. The molecule has 4 atom stereocenters. The Morgan fingerprint density at radius 1 is 0.976 bits per heavy atom. The maximum Gasteiger partial charge on any atom is 0.245 e. The fourth-order valence-electron chi connectivity index (χ4n) is 8.32. The van der Waals surface area contributed by atoms with Crippen LogP contribution in [-0.4, -0.2) is 72.3 Å². The largest absolute Gasteiger partial charge is 0.353 e. The predicted molar refractivity (Wildman–Crippen MR) is 157 cm³/mol. The first kappa shape index (κ1) is 30.0. The van der Waals surface area contributed by atoms with Gasteiger partial charge in [0.15, 0.2) is 0 Å². The molecule has 7 nitrogen and oxygen atoms in total. The number of nitrogens with one attached hydrogen (secondary N) is 2. The van der Waals surface area contributed by atoms with E-state index in [1.54, 1.807) is 12.1 Å². The number of amides is 3. The van der Waals surface area contributed by atoms with Crippen molar-refractivity contribution in [3.8, 4) is 0 Å². The molecular formula is C33H49FN4O3. The van der Waals surface area contributed by atoms with Crippen molar-refractivity contribution >= 4 is 17.7 Å². The standard InChI is InChI=1S/C33H49FN4O3/c1-22(2)35-32(41)33(25-7-5-4-6-8-25)15-17-38(18-16-33)31(40)28(20-23-9-12-26(34)13-10-23)36-30(39)27-19-24-11-14-29(27)37(3)21-24/h9-10,12-13,22,24-25,27-29H,4-8,11,14-21H2,1-3H3,(H,35,41)(H,36,39)/t24-,27+,28-,29?/m1/s1. The smallest absolute Gasteiger partial charge is 0.245 e. The highest BCUT2D eigenvalue weighted by Crippen LogP contribution is 2.46. The molecule has 1 aromatic carbocycles. The Balaban J connectivity index is 1.31. The predicted octanol–water partition coefficient (Wildman–Crippen LogP) is 4.30. The van der Waals surface area contributed by atoms with Crippen molar-refractivity contribution in [1.29, 1.82) is 0 Å². The van der Waals surface area contributed by atoms with E-state index in [1.165, 1.54) is 18.6 Å². The molecule has 5 aliphatic rings. The van der Waals surface area contributed by atoms with Crippen LogP contribution in [0.5, 0.6) is 0 Å². The maximum atomic E-state index is 14.1. The zero-order valence-electron chi connectivity index (χ0n) is 25.2. The van der Waals surface area contributed by atoms with Crippen molar-refractivity contribution in [3.63, 3.8) is 0 Å². The number of likely N-dealkylation sites (tertiary alicyclic amines) is 1. The van der Waals surface area contributed by atoms with E-state index in [0.717, 1.165) is 57.1 Å². The molecule has 41 heavy (non-hydrogen) atoms.